The molecule has 0 unspecified atom stereocenters. The van der Waals surface area contributed by atoms with Gasteiger partial charge in [0.25, 0.3) is 11.8 Å². The van der Waals surface area contributed by atoms with Crippen molar-refractivity contribution in [3.63, 3.8) is 0 Å². The maximum atomic E-state index is 12.1. The molecule has 25 heavy (non-hydrogen) atoms. The molecule has 9 nitrogen and oxygen atoms in total. The van der Waals surface area contributed by atoms with Crippen LogP contribution in [0.3, 0.4) is 0 Å². The van der Waals surface area contributed by atoms with Gasteiger partial charge in [0.15, 0.2) is 0 Å². The molecule has 0 saturated heterocycles. The number of pyridine rings is 1. The largest absolute Gasteiger partial charge is 0.389 e. The normalized spacial score (nSPS) is 11.5. The maximum absolute atomic E-state index is 12.1. The van der Waals surface area contributed by atoms with E-state index in [0.29, 0.717) is 16.9 Å². The van der Waals surface area contributed by atoms with Crippen LogP contribution in [-0.4, -0.2) is 65.2 Å². The summed E-state index contributed by atoms with van der Waals surface area (Å²) in [5.41, 5.74) is 0.739. The lowest BCUT2D eigenvalue weighted by atomic mass is 10.2. The van der Waals surface area contributed by atoms with Crippen LogP contribution in [0, 0.1) is 0 Å². The fourth-order valence-corrected chi connectivity index (χ4v) is 1.92. The van der Waals surface area contributed by atoms with Crippen molar-refractivity contribution >= 4 is 17.6 Å². The van der Waals surface area contributed by atoms with Gasteiger partial charge in [0.05, 0.1) is 11.7 Å². The van der Waals surface area contributed by atoms with Gasteiger partial charge in [0, 0.05) is 51.3 Å². The Morgan fingerprint density at radius 1 is 1.12 bits per heavy atom. The molecule has 9 heteroatoms. The third-order valence-electron chi connectivity index (χ3n) is 3.29. The van der Waals surface area contributed by atoms with Crippen molar-refractivity contribution < 1.29 is 14.7 Å². The molecular weight excluding hydrogens is 324 g/mol. The first-order valence-electron chi connectivity index (χ1n) is 7.60. The van der Waals surface area contributed by atoms with E-state index in [-0.39, 0.29) is 19.0 Å². The van der Waals surface area contributed by atoms with Crippen LogP contribution in [0.15, 0.2) is 37.1 Å². The van der Waals surface area contributed by atoms with Gasteiger partial charge in [-0.25, -0.2) is 15.0 Å². The first-order chi connectivity index (χ1) is 12.0. The van der Waals surface area contributed by atoms with Crippen LogP contribution >= 0.6 is 0 Å². The summed E-state index contributed by atoms with van der Waals surface area (Å²) in [7, 11) is 3.66. The van der Waals surface area contributed by atoms with Crippen LogP contribution in [0.4, 0.5) is 5.82 Å². The zero-order chi connectivity index (χ0) is 18.2. The van der Waals surface area contributed by atoms with Crippen LogP contribution in [0.1, 0.15) is 20.7 Å². The summed E-state index contributed by atoms with van der Waals surface area (Å²) in [4.78, 5) is 37.3. The van der Waals surface area contributed by atoms with E-state index in [0.717, 1.165) is 0 Å². The number of anilines is 1. The number of aliphatic hydroxyl groups excluding tert-OH is 1. The van der Waals surface area contributed by atoms with E-state index >= 15 is 0 Å². The van der Waals surface area contributed by atoms with Crippen LogP contribution in [0.5, 0.6) is 0 Å². The van der Waals surface area contributed by atoms with Crippen molar-refractivity contribution in [3.05, 3.63) is 48.2 Å². The molecule has 0 spiro atoms. The molecule has 1 atom stereocenters. The fourth-order valence-electron chi connectivity index (χ4n) is 1.92. The molecule has 3 N–H and O–H groups in total. The molecule has 0 fully saturated rings. The third-order valence-corrected chi connectivity index (χ3v) is 3.29. The number of carbonyl (C=O) groups is 2. The maximum Gasteiger partial charge on any atom is 0.254 e. The van der Waals surface area contributed by atoms with E-state index in [9.17, 15) is 14.7 Å². The van der Waals surface area contributed by atoms with Crippen LogP contribution in [-0.2, 0) is 0 Å². The van der Waals surface area contributed by atoms with Crippen LogP contribution in [0.2, 0.25) is 0 Å². The number of rotatable bonds is 7. The first kappa shape index (κ1) is 18.3. The fraction of sp³-hybridized carbons (Fsp3) is 0.312. The van der Waals surface area contributed by atoms with Gasteiger partial charge in [0.2, 0.25) is 0 Å². The number of aromatic nitrogens is 3. The Morgan fingerprint density at radius 2 is 1.72 bits per heavy atom. The second-order valence-electron chi connectivity index (χ2n) is 5.50. The Hall–Kier alpha value is -3.07. The highest BCUT2D eigenvalue weighted by molar-refractivity contribution is 5.95. The van der Waals surface area contributed by atoms with E-state index < -0.39 is 12.0 Å². The van der Waals surface area contributed by atoms with Crippen molar-refractivity contribution in [3.8, 4) is 0 Å². The van der Waals surface area contributed by atoms with Gasteiger partial charge in [-0.1, -0.05) is 0 Å². The highest BCUT2D eigenvalue weighted by Crippen LogP contribution is 2.09. The summed E-state index contributed by atoms with van der Waals surface area (Å²) in [6, 6.07) is 3.24. The lowest BCUT2D eigenvalue weighted by Gasteiger charge is -2.14. The van der Waals surface area contributed by atoms with Crippen LogP contribution in [0.25, 0.3) is 0 Å². The SMILES string of the molecule is CN(C)c1cc(C(=O)NC[C@@H](O)CNC(=O)c2cncnc2)ccn1. The second-order valence-corrected chi connectivity index (χ2v) is 5.50. The predicted molar refractivity (Wildman–Crippen MR) is 91.3 cm³/mol. The standard InChI is InChI=1S/C16H20N6O3/c1-22(2)14-5-11(3-4-19-14)15(24)20-8-13(23)9-21-16(25)12-6-17-10-18-7-12/h3-7,10,13,23H,8-9H2,1-2H3,(H,20,24)(H,21,25)/t13-/m1/s1. The lowest BCUT2D eigenvalue weighted by Crippen LogP contribution is -2.40. The van der Waals surface area contributed by atoms with E-state index in [2.05, 4.69) is 25.6 Å². The van der Waals surface area contributed by atoms with Crippen molar-refractivity contribution in [1.82, 2.24) is 25.6 Å². The van der Waals surface area contributed by atoms with Crippen molar-refractivity contribution in [2.75, 3.05) is 32.1 Å². The molecule has 0 aliphatic heterocycles. The topological polar surface area (TPSA) is 120 Å². The molecule has 0 radical (unpaired) electrons. The van der Waals surface area contributed by atoms with Gasteiger partial charge >= 0.3 is 0 Å². The Bertz CT molecular complexity index is 723. The average Bonchev–Trinajstić information content (AvgIpc) is 2.64. The molecular formula is C16H20N6O3. The zero-order valence-electron chi connectivity index (χ0n) is 14.0. The summed E-state index contributed by atoms with van der Waals surface area (Å²) in [5.74, 6) is -0.0615. The highest BCUT2D eigenvalue weighted by atomic mass is 16.3. The number of hydrogen-bond donors (Lipinski definition) is 3. The number of carbonyl (C=O) groups excluding carboxylic acids is 2. The Labute approximate surface area is 145 Å². The van der Waals surface area contributed by atoms with Crippen molar-refractivity contribution in [2.45, 2.75) is 6.10 Å². The van der Waals surface area contributed by atoms with E-state index in [1.165, 1.54) is 18.7 Å². The number of amides is 2. The quantitative estimate of drug-likeness (QED) is 0.617. The Morgan fingerprint density at radius 3 is 2.32 bits per heavy atom. The smallest absolute Gasteiger partial charge is 0.254 e. The molecule has 0 aliphatic carbocycles. The van der Waals surface area contributed by atoms with Crippen LogP contribution < -0.4 is 15.5 Å². The van der Waals surface area contributed by atoms with E-state index in [1.807, 2.05) is 14.1 Å². The average molecular weight is 344 g/mol. The first-order valence-corrected chi connectivity index (χ1v) is 7.60. The summed E-state index contributed by atoms with van der Waals surface area (Å²) in [5, 5.41) is 15.1. The molecule has 0 saturated carbocycles. The molecule has 2 aromatic rings. The number of nitrogens with zero attached hydrogens (tertiary/aromatic N) is 4. The number of hydrogen-bond acceptors (Lipinski definition) is 7. The van der Waals surface area contributed by atoms with Gasteiger partial charge in [-0.3, -0.25) is 9.59 Å². The van der Waals surface area contributed by atoms with Gasteiger partial charge in [0.1, 0.15) is 12.1 Å². The molecule has 2 heterocycles. The minimum absolute atomic E-state index is 0.00399. The predicted octanol–water partition coefficient (Wildman–Crippen LogP) is -0.542. The molecule has 0 aromatic carbocycles. The monoisotopic (exact) mass is 344 g/mol. The molecule has 2 amide bonds. The van der Waals surface area contributed by atoms with Gasteiger partial charge in [-0.15, -0.1) is 0 Å². The van der Waals surface area contributed by atoms with Crippen molar-refractivity contribution in [2.24, 2.45) is 0 Å². The molecule has 2 rings (SSSR count). The molecule has 0 aliphatic rings. The summed E-state index contributed by atoms with van der Waals surface area (Å²) in [6.07, 6.45) is 4.70. The van der Waals surface area contributed by atoms with Gasteiger partial charge < -0.3 is 20.6 Å². The summed E-state index contributed by atoms with van der Waals surface area (Å²) in [6.45, 7) is -0.00265. The second kappa shape index (κ2) is 8.69. The van der Waals surface area contributed by atoms with Gasteiger partial charge in [-0.05, 0) is 12.1 Å². The van der Waals surface area contributed by atoms with Crippen molar-refractivity contribution in [1.29, 1.82) is 0 Å². The Balaban J connectivity index is 1.79. The molecule has 132 valence electrons. The van der Waals surface area contributed by atoms with Gasteiger partial charge in [-0.2, -0.15) is 0 Å². The molecule has 0 bridgehead atoms. The minimum Gasteiger partial charge on any atom is -0.389 e. The lowest BCUT2D eigenvalue weighted by molar-refractivity contribution is 0.0884. The minimum atomic E-state index is -0.923. The Kier molecular flexibility index (Phi) is 6.35. The van der Waals surface area contributed by atoms with E-state index in [4.69, 9.17) is 0 Å². The zero-order valence-corrected chi connectivity index (χ0v) is 14.0. The number of nitrogens with one attached hydrogen (secondary N) is 2. The highest BCUT2D eigenvalue weighted by Gasteiger charge is 2.12. The third kappa shape index (κ3) is 5.50. The van der Waals surface area contributed by atoms with E-state index in [1.54, 1.807) is 23.2 Å². The number of aliphatic hydroxyl groups is 1. The molecule has 2 aromatic heterocycles. The summed E-state index contributed by atoms with van der Waals surface area (Å²) >= 11 is 0. The summed E-state index contributed by atoms with van der Waals surface area (Å²) < 4.78 is 0.